The predicted molar refractivity (Wildman–Crippen MR) is 140 cm³/mol. The summed E-state index contributed by atoms with van der Waals surface area (Å²) < 4.78 is 0. The Labute approximate surface area is 216 Å². The van der Waals surface area contributed by atoms with Crippen LogP contribution in [0.2, 0.25) is 5.02 Å². The van der Waals surface area contributed by atoms with E-state index in [0.717, 1.165) is 49.9 Å². The lowest BCUT2D eigenvalue weighted by Crippen LogP contribution is -2.45. The molecular formula is C29H29ClN4O2. The number of halogens is 1. The molecule has 1 aromatic heterocycles. The minimum atomic E-state index is -0.0300. The van der Waals surface area contributed by atoms with Crippen molar-refractivity contribution >= 4 is 29.1 Å². The molecule has 2 aromatic carbocycles. The first kappa shape index (κ1) is 23.0. The van der Waals surface area contributed by atoms with Crippen LogP contribution in [0.4, 0.5) is 5.69 Å². The highest BCUT2D eigenvalue weighted by Crippen LogP contribution is 2.42. The van der Waals surface area contributed by atoms with Crippen LogP contribution in [0.25, 0.3) is 0 Å². The molecule has 2 amide bonds. The van der Waals surface area contributed by atoms with Crippen LogP contribution < -0.4 is 4.90 Å². The van der Waals surface area contributed by atoms with E-state index < -0.39 is 0 Å². The molecule has 0 radical (unpaired) electrons. The number of amides is 2. The number of pyridine rings is 1. The average molecular weight is 501 g/mol. The Morgan fingerprint density at radius 2 is 1.81 bits per heavy atom. The van der Waals surface area contributed by atoms with Crippen LogP contribution in [-0.4, -0.2) is 52.8 Å². The van der Waals surface area contributed by atoms with Crippen molar-refractivity contribution in [1.82, 2.24) is 14.8 Å². The van der Waals surface area contributed by atoms with Crippen molar-refractivity contribution in [2.45, 2.75) is 44.3 Å². The minimum Gasteiger partial charge on any atom is -0.371 e. The Bertz CT molecular complexity index is 1320. The van der Waals surface area contributed by atoms with Crippen molar-refractivity contribution in [3.63, 3.8) is 0 Å². The quantitative estimate of drug-likeness (QED) is 0.499. The van der Waals surface area contributed by atoms with Crippen LogP contribution in [0.15, 0.2) is 60.9 Å². The Kier molecular flexibility index (Phi) is 5.92. The average Bonchev–Trinajstić information content (AvgIpc) is 3.49. The Morgan fingerprint density at radius 3 is 2.56 bits per heavy atom. The molecule has 1 saturated heterocycles. The molecule has 6 rings (SSSR count). The first-order valence-electron chi connectivity index (χ1n) is 12.6. The van der Waals surface area contributed by atoms with Gasteiger partial charge in [-0.15, -0.1) is 0 Å². The zero-order valence-electron chi connectivity index (χ0n) is 20.4. The Balaban J connectivity index is 1.17. The molecule has 7 heteroatoms. The number of rotatable bonds is 4. The van der Waals surface area contributed by atoms with Crippen LogP contribution in [-0.2, 0) is 13.0 Å². The summed E-state index contributed by atoms with van der Waals surface area (Å²) in [5.41, 5.74) is 5.80. The summed E-state index contributed by atoms with van der Waals surface area (Å²) in [6.45, 7) is 2.39. The van der Waals surface area contributed by atoms with E-state index >= 15 is 0 Å². The first-order chi connectivity index (χ1) is 17.5. The number of fused-ring (bicyclic) bond motifs is 2. The SMILES string of the molecule is CN(C(=O)c1ccc2c(c1)[C@H](N1Cc3cccc(Cl)c3C1=O)CC2)C1CCN(c2ccncc2)CC1. The highest BCUT2D eigenvalue weighted by molar-refractivity contribution is 6.34. The van der Waals surface area contributed by atoms with Gasteiger partial charge in [-0.05, 0) is 72.7 Å². The number of hydrogen-bond acceptors (Lipinski definition) is 4. The number of benzene rings is 2. The third kappa shape index (κ3) is 3.94. The van der Waals surface area contributed by atoms with Crippen molar-refractivity contribution < 1.29 is 9.59 Å². The summed E-state index contributed by atoms with van der Waals surface area (Å²) in [6, 6.07) is 15.9. The molecule has 0 bridgehead atoms. The third-order valence-corrected chi connectivity index (χ3v) is 8.41. The summed E-state index contributed by atoms with van der Waals surface area (Å²) >= 11 is 6.35. The number of nitrogens with zero attached hydrogens (tertiary/aromatic N) is 4. The minimum absolute atomic E-state index is 0.0109. The molecule has 0 spiro atoms. The number of carbonyl (C=O) groups excluding carboxylic acids is 2. The van der Waals surface area contributed by atoms with Crippen molar-refractivity contribution in [2.24, 2.45) is 0 Å². The monoisotopic (exact) mass is 500 g/mol. The molecule has 0 unspecified atom stereocenters. The molecule has 1 fully saturated rings. The number of hydrogen-bond donors (Lipinski definition) is 0. The lowest BCUT2D eigenvalue weighted by molar-refractivity contribution is 0.0701. The zero-order chi connectivity index (χ0) is 24.8. The maximum atomic E-state index is 13.5. The predicted octanol–water partition coefficient (Wildman–Crippen LogP) is 5.12. The fraction of sp³-hybridized carbons (Fsp3) is 0.345. The van der Waals surface area contributed by atoms with Gasteiger partial charge in [0.2, 0.25) is 0 Å². The van der Waals surface area contributed by atoms with Crippen molar-refractivity contribution in [1.29, 1.82) is 0 Å². The highest BCUT2D eigenvalue weighted by atomic mass is 35.5. The van der Waals surface area contributed by atoms with Gasteiger partial charge < -0.3 is 14.7 Å². The van der Waals surface area contributed by atoms with Gasteiger partial charge in [0, 0.05) is 56.4 Å². The van der Waals surface area contributed by atoms with Crippen molar-refractivity contribution in [3.8, 4) is 0 Å². The van der Waals surface area contributed by atoms with Crippen molar-refractivity contribution in [3.05, 3.63) is 93.8 Å². The molecule has 36 heavy (non-hydrogen) atoms. The summed E-state index contributed by atoms with van der Waals surface area (Å²) in [5.74, 6) is 0.0353. The van der Waals surface area contributed by atoms with E-state index in [9.17, 15) is 9.59 Å². The molecule has 2 aliphatic heterocycles. The second-order valence-corrected chi connectivity index (χ2v) is 10.4. The van der Waals surface area contributed by atoms with Crippen LogP contribution >= 0.6 is 11.6 Å². The van der Waals surface area contributed by atoms with Gasteiger partial charge in [-0.1, -0.05) is 29.8 Å². The van der Waals surface area contributed by atoms with Crippen LogP contribution in [0, 0.1) is 0 Å². The van der Waals surface area contributed by atoms with E-state index in [-0.39, 0.29) is 23.9 Å². The van der Waals surface area contributed by atoms with Gasteiger partial charge in [0.25, 0.3) is 11.8 Å². The number of aromatic nitrogens is 1. The standard InChI is InChI=1S/C29H29ClN4O2/c1-32(22-11-15-33(16-12-22)23-9-13-31-14-10-23)28(35)20-6-5-19-7-8-26(24(19)17-20)34-18-21-3-2-4-25(30)27(21)29(34)36/h2-6,9-10,13-14,17,22,26H,7-8,11-12,15-16,18H2,1H3/t26-/m1/s1. The van der Waals surface area contributed by atoms with Crippen LogP contribution in [0.5, 0.6) is 0 Å². The summed E-state index contributed by atoms with van der Waals surface area (Å²) in [7, 11) is 1.92. The largest absolute Gasteiger partial charge is 0.371 e. The highest BCUT2D eigenvalue weighted by Gasteiger charge is 2.38. The molecule has 1 atom stereocenters. The lowest BCUT2D eigenvalue weighted by atomic mass is 10.00. The zero-order valence-corrected chi connectivity index (χ0v) is 21.1. The Morgan fingerprint density at radius 1 is 1.03 bits per heavy atom. The van der Waals surface area contributed by atoms with Gasteiger partial charge in [-0.3, -0.25) is 14.6 Å². The van der Waals surface area contributed by atoms with Crippen LogP contribution in [0.3, 0.4) is 0 Å². The van der Waals surface area contributed by atoms with E-state index in [4.69, 9.17) is 11.6 Å². The van der Waals surface area contributed by atoms with E-state index in [1.165, 1.54) is 11.3 Å². The smallest absolute Gasteiger partial charge is 0.256 e. The van der Waals surface area contributed by atoms with E-state index in [1.54, 1.807) is 6.07 Å². The van der Waals surface area contributed by atoms with Crippen molar-refractivity contribution in [2.75, 3.05) is 25.0 Å². The molecule has 0 saturated carbocycles. The van der Waals surface area contributed by atoms with E-state index in [1.807, 2.05) is 65.6 Å². The second-order valence-electron chi connectivity index (χ2n) is 10.0. The van der Waals surface area contributed by atoms with Gasteiger partial charge in [0.05, 0.1) is 16.6 Å². The molecule has 0 N–H and O–H groups in total. The molecule has 3 aromatic rings. The number of carbonyl (C=O) groups is 2. The summed E-state index contributed by atoms with van der Waals surface area (Å²) in [4.78, 5) is 37.0. The summed E-state index contributed by atoms with van der Waals surface area (Å²) in [6.07, 6.45) is 7.28. The van der Waals surface area contributed by atoms with Gasteiger partial charge in [-0.2, -0.15) is 0 Å². The van der Waals surface area contributed by atoms with Gasteiger partial charge in [0.15, 0.2) is 0 Å². The maximum Gasteiger partial charge on any atom is 0.256 e. The number of aryl methyl sites for hydroxylation is 1. The fourth-order valence-electron chi connectivity index (χ4n) is 6.06. The topological polar surface area (TPSA) is 56.8 Å². The number of piperidine rings is 1. The molecule has 184 valence electrons. The molecule has 6 nitrogen and oxygen atoms in total. The lowest BCUT2D eigenvalue weighted by Gasteiger charge is -2.38. The third-order valence-electron chi connectivity index (χ3n) is 8.09. The Hall–Kier alpha value is -3.38. The molecule has 3 aliphatic rings. The van der Waals surface area contributed by atoms with Gasteiger partial charge >= 0.3 is 0 Å². The van der Waals surface area contributed by atoms with E-state index in [2.05, 4.69) is 16.0 Å². The summed E-state index contributed by atoms with van der Waals surface area (Å²) in [5, 5.41) is 0.513. The normalized spacial score (nSPS) is 19.4. The number of anilines is 1. The molecule has 1 aliphatic carbocycles. The first-order valence-corrected chi connectivity index (χ1v) is 13.0. The fourth-order valence-corrected chi connectivity index (χ4v) is 6.34. The van der Waals surface area contributed by atoms with E-state index in [0.29, 0.717) is 22.7 Å². The molecular weight excluding hydrogens is 472 g/mol. The maximum absolute atomic E-state index is 13.5. The van der Waals surface area contributed by atoms with Crippen LogP contribution in [0.1, 0.15) is 62.7 Å². The molecule has 3 heterocycles. The van der Waals surface area contributed by atoms with Gasteiger partial charge in [-0.25, -0.2) is 0 Å². The van der Waals surface area contributed by atoms with Gasteiger partial charge in [0.1, 0.15) is 0 Å². The second kappa shape index (κ2) is 9.25.